The molecule has 0 aliphatic heterocycles. The zero-order chi connectivity index (χ0) is 82.8. The summed E-state index contributed by atoms with van der Waals surface area (Å²) in [6.07, 6.45) is 36.1. The van der Waals surface area contributed by atoms with Crippen LogP contribution in [0.2, 0.25) is 0 Å². The molecule has 20 heteroatoms. The molecule has 4 fully saturated rings. The first-order chi connectivity index (χ1) is 56.6. The van der Waals surface area contributed by atoms with Gasteiger partial charge in [-0.3, -0.25) is 0 Å². The Balaban J connectivity index is 0.000000204. The Hall–Kier alpha value is -10.8. The molecule has 0 unspecified atom stereocenters. The largest absolute Gasteiger partial charge is 0.478 e. The van der Waals surface area contributed by atoms with Gasteiger partial charge in [0.1, 0.15) is 23.0 Å². The van der Waals surface area contributed by atoms with Gasteiger partial charge < -0.3 is 81.9 Å². The molecule has 0 heterocycles. The predicted octanol–water partition coefficient (Wildman–Crippen LogP) is 26.3. The highest BCUT2D eigenvalue weighted by atomic mass is 16.5. The molecule has 0 bridgehead atoms. The molecule has 4 aliphatic rings. The van der Waals surface area contributed by atoms with E-state index >= 15 is 0 Å². The monoisotopic (exact) mass is 1590 g/mol. The van der Waals surface area contributed by atoms with Crippen LogP contribution in [0.5, 0.6) is 46.0 Å². The van der Waals surface area contributed by atoms with Crippen LogP contribution in [0.4, 0.5) is 45.5 Å². The fourth-order valence-electron chi connectivity index (χ4n) is 14.0. The third kappa shape index (κ3) is 33.6. The van der Waals surface area contributed by atoms with Crippen molar-refractivity contribution in [3.05, 3.63) is 192 Å². The second-order valence-electron chi connectivity index (χ2n) is 30.0. The number of carbonyl (C=O) groups is 4. The van der Waals surface area contributed by atoms with Crippen molar-refractivity contribution in [3.8, 4) is 46.0 Å². The summed E-state index contributed by atoms with van der Waals surface area (Å²) in [5.41, 5.74) is 6.57. The van der Waals surface area contributed by atoms with Crippen molar-refractivity contribution in [2.24, 2.45) is 11.8 Å². The number of carboxylic acids is 4. The highest BCUT2D eigenvalue weighted by molar-refractivity contribution is 5.95. The van der Waals surface area contributed by atoms with Crippen molar-refractivity contribution in [3.63, 3.8) is 0 Å². The Morgan fingerprint density at radius 1 is 0.276 bits per heavy atom. The molecule has 12 N–H and O–H groups in total. The maximum Gasteiger partial charge on any atom is 0.335 e. The van der Waals surface area contributed by atoms with Crippen LogP contribution in [-0.4, -0.2) is 96.7 Å². The van der Waals surface area contributed by atoms with Gasteiger partial charge in [0.15, 0.2) is 23.0 Å². The topological polar surface area (TPSA) is 282 Å². The lowest BCUT2D eigenvalue weighted by Crippen LogP contribution is -2.18. The van der Waals surface area contributed by atoms with Gasteiger partial charge in [0.2, 0.25) is 0 Å². The molecule has 628 valence electrons. The number of hydrogen-bond acceptors (Lipinski definition) is 16. The van der Waals surface area contributed by atoms with Crippen molar-refractivity contribution in [2.45, 2.75) is 221 Å². The molecule has 20 nitrogen and oxygen atoms in total. The maximum absolute atomic E-state index is 11.7. The van der Waals surface area contributed by atoms with Crippen LogP contribution in [-0.2, 0) is 0 Å². The van der Waals surface area contributed by atoms with Gasteiger partial charge in [0.05, 0.1) is 67.8 Å². The third-order valence-corrected chi connectivity index (χ3v) is 20.4. The molecular weight excluding hydrogens is 1460 g/mol. The molecular formula is C96H132N8O12. The molecule has 116 heavy (non-hydrogen) atoms. The zero-order valence-corrected chi connectivity index (χ0v) is 69.8. The molecule has 0 saturated heterocycles. The molecule has 8 aromatic carbocycles. The number of benzene rings is 8. The smallest absolute Gasteiger partial charge is 0.335 e. The summed E-state index contributed by atoms with van der Waals surface area (Å²) in [7, 11) is 0. The van der Waals surface area contributed by atoms with E-state index in [4.69, 9.17) is 18.9 Å². The number of ether oxygens (including phenoxy) is 4. The SMILES string of the molecule is C1CCCC1.C1CCCCC1.CCCCNc1cc(C(=O)O)cc(NCC)c1Oc1ccccc1.CCCCNc1cc(C(=O)O)cc(NCC)c1Oc1ccccc1.CCCCNc1cc(C(=O)O)cc(NCC2CCCC2)c1Oc1ccccc1.CCCCNc1cc(C(=O)O)cc(NCC2CCCCC2)c1Oc1ccccc1. The second kappa shape index (κ2) is 54.2. The minimum Gasteiger partial charge on any atom is -0.478 e. The van der Waals surface area contributed by atoms with E-state index in [0.717, 1.165) is 114 Å². The Kier molecular flexibility index (Phi) is 43.1. The van der Waals surface area contributed by atoms with Crippen LogP contribution >= 0.6 is 0 Å². The van der Waals surface area contributed by atoms with Crippen LogP contribution in [0.1, 0.15) is 263 Å². The first-order valence-corrected chi connectivity index (χ1v) is 43.1. The van der Waals surface area contributed by atoms with Crippen molar-refractivity contribution in [1.29, 1.82) is 0 Å². The molecule has 0 aromatic heterocycles. The first-order valence-electron chi connectivity index (χ1n) is 43.1. The summed E-state index contributed by atoms with van der Waals surface area (Å²) in [5, 5.41) is 64.6. The number of hydrogen-bond donors (Lipinski definition) is 12. The number of unbranched alkanes of at least 4 members (excludes halogenated alkanes) is 4. The van der Waals surface area contributed by atoms with E-state index in [1.54, 1.807) is 48.5 Å². The highest BCUT2D eigenvalue weighted by Gasteiger charge is 2.24. The minimum absolute atomic E-state index is 0.227. The van der Waals surface area contributed by atoms with E-state index in [1.165, 1.54) is 128 Å². The Morgan fingerprint density at radius 3 is 0.664 bits per heavy atom. The average Bonchev–Trinajstić information content (AvgIpc) is 1.52. The number of rotatable bonds is 38. The van der Waals surface area contributed by atoms with Crippen molar-refractivity contribution < 1.29 is 58.6 Å². The number of aromatic carboxylic acids is 4. The van der Waals surface area contributed by atoms with E-state index < -0.39 is 23.9 Å². The Bertz CT molecular complexity index is 3980. The molecule has 4 saturated carbocycles. The van der Waals surface area contributed by atoms with Gasteiger partial charge in [-0.05, 0) is 174 Å². The summed E-state index contributed by atoms with van der Waals surface area (Å²) in [5.74, 6) is 2.89. The van der Waals surface area contributed by atoms with E-state index in [-0.39, 0.29) is 22.3 Å². The van der Waals surface area contributed by atoms with Gasteiger partial charge in [-0.1, -0.05) is 229 Å². The normalized spacial score (nSPS) is 13.5. The van der Waals surface area contributed by atoms with Gasteiger partial charge >= 0.3 is 23.9 Å². The quantitative estimate of drug-likeness (QED) is 0.0160. The lowest BCUT2D eigenvalue weighted by molar-refractivity contribution is 0.0686. The van der Waals surface area contributed by atoms with Crippen molar-refractivity contribution in [1.82, 2.24) is 0 Å². The third-order valence-electron chi connectivity index (χ3n) is 20.4. The molecule has 12 rings (SSSR count). The van der Waals surface area contributed by atoms with E-state index in [0.29, 0.717) is 93.5 Å². The lowest BCUT2D eigenvalue weighted by Gasteiger charge is -2.24. The van der Waals surface area contributed by atoms with Crippen LogP contribution in [0, 0.1) is 11.8 Å². The summed E-state index contributed by atoms with van der Waals surface area (Å²) >= 11 is 0. The van der Waals surface area contributed by atoms with Crippen LogP contribution in [0.25, 0.3) is 0 Å². The van der Waals surface area contributed by atoms with Crippen molar-refractivity contribution in [2.75, 3.05) is 94.9 Å². The summed E-state index contributed by atoms with van der Waals surface area (Å²) in [6.45, 7) is 18.5. The lowest BCUT2D eigenvalue weighted by atomic mass is 9.89. The Labute approximate surface area is 690 Å². The molecule has 4 aliphatic carbocycles. The number of anilines is 8. The van der Waals surface area contributed by atoms with Gasteiger partial charge in [-0.15, -0.1) is 0 Å². The summed E-state index contributed by atoms with van der Waals surface area (Å²) in [4.78, 5) is 46.2. The molecule has 0 radical (unpaired) electrons. The predicted molar refractivity (Wildman–Crippen MR) is 478 cm³/mol. The average molecular weight is 1590 g/mol. The van der Waals surface area contributed by atoms with Gasteiger partial charge in [-0.25, -0.2) is 19.2 Å². The summed E-state index contributed by atoms with van der Waals surface area (Å²) < 4.78 is 24.5. The van der Waals surface area contributed by atoms with Crippen LogP contribution in [0.15, 0.2) is 170 Å². The molecule has 0 spiro atoms. The van der Waals surface area contributed by atoms with Gasteiger partial charge in [-0.2, -0.15) is 0 Å². The molecule has 8 aromatic rings. The number of nitrogens with one attached hydrogen (secondary N) is 8. The van der Waals surface area contributed by atoms with E-state index in [2.05, 4.69) is 70.2 Å². The molecule has 0 atom stereocenters. The fourth-order valence-corrected chi connectivity index (χ4v) is 14.0. The second-order valence-corrected chi connectivity index (χ2v) is 30.0. The standard InChI is InChI=1S/C24H32N2O3.C23H30N2O3.2C19H24N2O3.C6H12.C5H10/c1-2-3-14-25-21-15-19(24(27)28)16-22(26-17-18-10-6-4-7-11-18)23(21)29-20-12-8-5-9-13-20;1-2-3-13-24-20-14-18(23(26)27)15-21(25-16-17-9-7-8-10-17)22(20)28-19-11-5-4-6-12-19;2*1-3-5-11-21-17-13-14(19(22)23)12-16(20-4-2)18(17)24-15-9-7-6-8-10-15;1-2-4-6-5-3-1;1-2-4-5-3-1/h5,8-9,12-13,15-16,18,25-26H,2-4,6-7,10-11,14,17H2,1H3,(H,27,28);4-6,11-12,14-15,17,24-25H,2-3,7-10,13,16H2,1H3,(H,26,27);2*6-10,12-13,20-21H,3-5,11H2,1-2H3,(H,22,23);1-6H2;1-5H2. The van der Waals surface area contributed by atoms with E-state index in [9.17, 15) is 39.6 Å². The first kappa shape index (κ1) is 92.4. The highest BCUT2D eigenvalue weighted by Crippen LogP contribution is 2.44. The van der Waals surface area contributed by atoms with Gasteiger partial charge in [0, 0.05) is 52.4 Å². The maximum atomic E-state index is 11.7. The minimum atomic E-state index is -0.959. The number of carboxylic acid groups (broad SMARTS) is 4. The fraction of sp³-hybridized carbons (Fsp3) is 0.458. The number of para-hydroxylation sites is 4. The Morgan fingerprint density at radius 2 is 0.466 bits per heavy atom. The van der Waals surface area contributed by atoms with Crippen molar-refractivity contribution >= 4 is 69.4 Å². The van der Waals surface area contributed by atoms with E-state index in [1.807, 2.05) is 135 Å². The van der Waals surface area contributed by atoms with Gasteiger partial charge in [0.25, 0.3) is 0 Å². The van der Waals surface area contributed by atoms with Crippen LogP contribution in [0.3, 0.4) is 0 Å². The molecule has 0 amide bonds. The summed E-state index contributed by atoms with van der Waals surface area (Å²) in [6, 6.07) is 51.3. The van der Waals surface area contributed by atoms with Crippen LogP contribution < -0.4 is 61.5 Å². The zero-order valence-electron chi connectivity index (χ0n) is 69.8.